The van der Waals surface area contributed by atoms with Gasteiger partial charge in [-0.3, -0.25) is 4.90 Å². The van der Waals surface area contributed by atoms with Gasteiger partial charge in [0.25, 0.3) is 0 Å². The molecule has 0 radical (unpaired) electrons. The van der Waals surface area contributed by atoms with Gasteiger partial charge in [0.2, 0.25) is 5.95 Å². The number of halogens is 3. The molecule has 0 atom stereocenters. The van der Waals surface area contributed by atoms with Crippen LogP contribution < -0.4 is 19.9 Å². The number of piperidine rings is 1. The van der Waals surface area contributed by atoms with E-state index in [9.17, 15) is 13.2 Å². The van der Waals surface area contributed by atoms with Gasteiger partial charge >= 0.3 is 6.29 Å². The van der Waals surface area contributed by atoms with Crippen LogP contribution in [0.1, 0.15) is 18.7 Å². The Hall–Kier alpha value is -3.80. The molecule has 6 rings (SSSR count). The lowest BCUT2D eigenvalue weighted by Crippen LogP contribution is -2.38. The number of anilines is 1. The van der Waals surface area contributed by atoms with Crippen LogP contribution in [0.5, 0.6) is 17.2 Å². The smallest absolute Gasteiger partial charge is 0.490 e. The molecule has 2 aliphatic heterocycles. The van der Waals surface area contributed by atoms with Crippen molar-refractivity contribution in [1.29, 1.82) is 0 Å². The topological polar surface area (TPSA) is 100 Å². The number of aromatic nitrogens is 4. The molecule has 0 aliphatic carbocycles. The highest BCUT2D eigenvalue weighted by Crippen LogP contribution is 2.45. The van der Waals surface area contributed by atoms with Gasteiger partial charge in [-0.25, -0.2) is 14.4 Å². The molecule has 2 aliphatic rings. The van der Waals surface area contributed by atoms with Crippen LogP contribution in [0, 0.1) is 5.82 Å². The maximum Gasteiger partial charge on any atom is 0.586 e. The molecule has 176 valence electrons. The number of nitrogens with zero attached hydrogens (tertiary/aromatic N) is 5. The third-order valence-electron chi connectivity index (χ3n) is 5.90. The zero-order valence-electron chi connectivity index (χ0n) is 17.7. The molecule has 2 aromatic carbocycles. The van der Waals surface area contributed by atoms with E-state index in [0.29, 0.717) is 29.2 Å². The maximum absolute atomic E-state index is 13.5. The third-order valence-corrected chi connectivity index (χ3v) is 5.90. The molecule has 0 saturated carbocycles. The predicted octanol–water partition coefficient (Wildman–Crippen LogP) is 3.36. The molecule has 12 heteroatoms. The fraction of sp³-hybridized carbons (Fsp3) is 0.318. The Morgan fingerprint density at radius 3 is 2.59 bits per heavy atom. The van der Waals surface area contributed by atoms with Crippen LogP contribution in [0.4, 0.5) is 19.1 Å². The molecular formula is C22H19F3N6O3. The van der Waals surface area contributed by atoms with Crippen LogP contribution >= 0.6 is 0 Å². The zero-order chi connectivity index (χ0) is 23.4. The van der Waals surface area contributed by atoms with E-state index in [1.165, 1.54) is 22.7 Å². The van der Waals surface area contributed by atoms with Crippen molar-refractivity contribution in [1.82, 2.24) is 24.5 Å². The minimum Gasteiger partial charge on any atom is -0.490 e. The Kier molecular flexibility index (Phi) is 4.66. The molecule has 34 heavy (non-hydrogen) atoms. The molecule has 1 saturated heterocycles. The standard InChI is InChI=1S/C22H19F3N6O3/c23-12-1-3-13(4-2-12)32-14-7-9-30(10-8-14)11-17-27-20-15-5-6-16-19(34-22(24,25)33-16)18(15)28-21(26)31(20)29-17/h1-6,14H,7-11H2,(H2,26,28). The predicted molar refractivity (Wildman–Crippen MR) is 114 cm³/mol. The van der Waals surface area contributed by atoms with Crippen LogP contribution in [0.25, 0.3) is 16.6 Å². The maximum atomic E-state index is 13.5. The Bertz CT molecular complexity index is 1390. The van der Waals surface area contributed by atoms with Crippen molar-refractivity contribution in [2.45, 2.75) is 31.8 Å². The van der Waals surface area contributed by atoms with E-state index in [1.807, 2.05) is 0 Å². The van der Waals surface area contributed by atoms with Gasteiger partial charge in [-0.05, 0) is 49.2 Å². The van der Waals surface area contributed by atoms with Crippen LogP contribution in [-0.4, -0.2) is 50.0 Å². The highest BCUT2D eigenvalue weighted by molar-refractivity contribution is 5.97. The monoisotopic (exact) mass is 472 g/mol. The number of hydrogen-bond donors (Lipinski definition) is 1. The Labute approximate surface area is 190 Å². The fourth-order valence-electron chi connectivity index (χ4n) is 4.30. The van der Waals surface area contributed by atoms with Crippen molar-refractivity contribution in [3.8, 4) is 17.2 Å². The van der Waals surface area contributed by atoms with E-state index in [0.717, 1.165) is 25.9 Å². The van der Waals surface area contributed by atoms with Gasteiger partial charge < -0.3 is 19.9 Å². The summed E-state index contributed by atoms with van der Waals surface area (Å²) in [7, 11) is 0. The minimum atomic E-state index is -3.76. The molecule has 0 unspecified atom stereocenters. The molecule has 0 bridgehead atoms. The summed E-state index contributed by atoms with van der Waals surface area (Å²) >= 11 is 0. The molecule has 4 heterocycles. The van der Waals surface area contributed by atoms with E-state index >= 15 is 0 Å². The van der Waals surface area contributed by atoms with Crippen molar-refractivity contribution in [3.05, 3.63) is 48.0 Å². The first-order valence-corrected chi connectivity index (χ1v) is 10.7. The summed E-state index contributed by atoms with van der Waals surface area (Å²) in [5.41, 5.74) is 6.58. The van der Waals surface area contributed by atoms with E-state index in [4.69, 9.17) is 10.5 Å². The van der Waals surface area contributed by atoms with Crippen LogP contribution in [-0.2, 0) is 6.54 Å². The number of benzene rings is 2. The average Bonchev–Trinajstić information content (AvgIpc) is 3.37. The molecule has 1 fully saturated rings. The van der Waals surface area contributed by atoms with Crippen molar-refractivity contribution >= 4 is 22.5 Å². The zero-order valence-corrected chi connectivity index (χ0v) is 17.7. The van der Waals surface area contributed by atoms with Gasteiger partial charge in [-0.2, -0.15) is 4.52 Å². The summed E-state index contributed by atoms with van der Waals surface area (Å²) in [6.45, 7) is 2.02. The summed E-state index contributed by atoms with van der Waals surface area (Å²) in [5.74, 6) is 0.592. The average molecular weight is 472 g/mol. The normalized spacial score (nSPS) is 18.1. The number of rotatable bonds is 4. The molecule has 2 aromatic heterocycles. The number of fused-ring (bicyclic) bond motifs is 5. The van der Waals surface area contributed by atoms with Crippen LogP contribution in [0.2, 0.25) is 0 Å². The second-order valence-corrected chi connectivity index (χ2v) is 8.24. The van der Waals surface area contributed by atoms with Gasteiger partial charge in [0.15, 0.2) is 23.0 Å². The highest BCUT2D eigenvalue weighted by atomic mass is 19.3. The van der Waals surface area contributed by atoms with E-state index < -0.39 is 6.29 Å². The van der Waals surface area contributed by atoms with Crippen molar-refractivity contribution in [2.24, 2.45) is 0 Å². The molecule has 0 amide bonds. The number of likely N-dealkylation sites (tertiary alicyclic amines) is 1. The Morgan fingerprint density at radius 2 is 1.82 bits per heavy atom. The Morgan fingerprint density at radius 1 is 1.06 bits per heavy atom. The lowest BCUT2D eigenvalue weighted by molar-refractivity contribution is -0.286. The van der Waals surface area contributed by atoms with Gasteiger partial charge in [0.1, 0.15) is 23.2 Å². The van der Waals surface area contributed by atoms with Crippen molar-refractivity contribution in [3.63, 3.8) is 0 Å². The summed E-state index contributed by atoms with van der Waals surface area (Å²) in [5, 5.41) is 4.93. The number of hydrogen-bond acceptors (Lipinski definition) is 8. The van der Waals surface area contributed by atoms with Gasteiger partial charge in [-0.15, -0.1) is 13.9 Å². The first kappa shape index (κ1) is 20.8. The van der Waals surface area contributed by atoms with Gasteiger partial charge in [-0.1, -0.05) is 0 Å². The number of nitrogens with two attached hydrogens (primary N) is 1. The quantitative estimate of drug-likeness (QED) is 0.483. The largest absolute Gasteiger partial charge is 0.586 e. The first-order valence-electron chi connectivity index (χ1n) is 10.7. The van der Waals surface area contributed by atoms with E-state index in [1.54, 1.807) is 18.2 Å². The first-order chi connectivity index (χ1) is 16.3. The van der Waals surface area contributed by atoms with E-state index in [-0.39, 0.29) is 34.9 Å². The lowest BCUT2D eigenvalue weighted by atomic mass is 10.1. The van der Waals surface area contributed by atoms with Crippen molar-refractivity contribution in [2.75, 3.05) is 18.8 Å². The molecule has 9 nitrogen and oxygen atoms in total. The summed E-state index contributed by atoms with van der Waals surface area (Å²) in [6.07, 6.45) is -2.11. The minimum absolute atomic E-state index is 0.000118. The third kappa shape index (κ3) is 3.69. The summed E-state index contributed by atoms with van der Waals surface area (Å²) < 4.78 is 56.6. The second kappa shape index (κ2) is 7.62. The molecular weight excluding hydrogens is 453 g/mol. The number of alkyl halides is 2. The van der Waals surface area contributed by atoms with Crippen LogP contribution in [0.3, 0.4) is 0 Å². The second-order valence-electron chi connectivity index (χ2n) is 8.24. The lowest BCUT2D eigenvalue weighted by Gasteiger charge is -2.31. The van der Waals surface area contributed by atoms with Gasteiger partial charge in [0.05, 0.1) is 6.54 Å². The molecule has 0 spiro atoms. The summed E-state index contributed by atoms with van der Waals surface area (Å²) in [6, 6.07) is 8.97. The number of ether oxygens (including phenoxy) is 3. The Balaban J connectivity index is 1.19. The molecule has 2 N–H and O–H groups in total. The van der Waals surface area contributed by atoms with Crippen molar-refractivity contribution < 1.29 is 27.4 Å². The van der Waals surface area contributed by atoms with Crippen LogP contribution in [0.15, 0.2) is 36.4 Å². The number of nitrogen functional groups attached to an aromatic ring is 1. The summed E-state index contributed by atoms with van der Waals surface area (Å²) in [4.78, 5) is 11.0. The highest BCUT2D eigenvalue weighted by Gasteiger charge is 2.45. The fourth-order valence-corrected chi connectivity index (χ4v) is 4.30. The SMILES string of the molecule is Nc1nc2c3c(ccc2c2nc(CN4CCC(Oc5ccc(F)cc5)CC4)nn12)OC(F)(F)O3. The van der Waals surface area contributed by atoms with E-state index in [2.05, 4.69) is 29.4 Å². The van der Waals surface area contributed by atoms with Gasteiger partial charge in [0, 0.05) is 18.5 Å². The molecule has 4 aromatic rings.